The van der Waals surface area contributed by atoms with Crippen LogP contribution >= 0.6 is 0 Å². The van der Waals surface area contributed by atoms with Crippen LogP contribution in [0.15, 0.2) is 0 Å². The standard InChI is InChI=1S/C5H12BN/c1-4(2)5(3,7)6-4/h6H,7H2,1-3H3. The second-order valence-electron chi connectivity index (χ2n) is 3.48. The average molecular weight is 97.0 g/mol. The Kier molecular flexibility index (Phi) is 0.662. The number of rotatable bonds is 0. The third kappa shape index (κ3) is 0.575. The van der Waals surface area contributed by atoms with Crippen LogP contribution in [0, 0.1) is 0 Å². The summed E-state index contributed by atoms with van der Waals surface area (Å²) in [5, 5.41) is 0.424. The molecule has 0 bridgehead atoms. The first-order valence-electron chi connectivity index (χ1n) is 2.75. The van der Waals surface area contributed by atoms with Gasteiger partial charge in [-0.3, -0.25) is 0 Å². The van der Waals surface area contributed by atoms with Crippen molar-refractivity contribution >= 4 is 7.28 Å². The van der Waals surface area contributed by atoms with E-state index in [1.165, 1.54) is 7.28 Å². The van der Waals surface area contributed by atoms with Crippen LogP contribution in [-0.2, 0) is 0 Å². The van der Waals surface area contributed by atoms with Gasteiger partial charge in [-0.1, -0.05) is 20.8 Å². The van der Waals surface area contributed by atoms with Crippen molar-refractivity contribution in [3.8, 4) is 0 Å². The van der Waals surface area contributed by atoms with Gasteiger partial charge in [0.2, 0.25) is 0 Å². The molecule has 2 heteroatoms. The van der Waals surface area contributed by atoms with Crippen molar-refractivity contribution in [2.75, 3.05) is 0 Å². The van der Waals surface area contributed by atoms with Crippen LogP contribution < -0.4 is 5.73 Å². The summed E-state index contributed by atoms with van der Waals surface area (Å²) in [5.74, 6) is 0. The van der Waals surface area contributed by atoms with Crippen LogP contribution in [0.1, 0.15) is 20.8 Å². The van der Waals surface area contributed by atoms with Crippen LogP contribution in [-0.4, -0.2) is 12.7 Å². The van der Waals surface area contributed by atoms with Gasteiger partial charge < -0.3 is 5.73 Å². The van der Waals surface area contributed by atoms with E-state index in [-0.39, 0.29) is 5.44 Å². The quantitative estimate of drug-likeness (QED) is 0.432. The predicted molar refractivity (Wildman–Crippen MR) is 33.8 cm³/mol. The molecule has 1 rings (SSSR count). The fraction of sp³-hybridized carbons (Fsp3) is 1.00. The van der Waals surface area contributed by atoms with Gasteiger partial charge in [-0.15, -0.1) is 0 Å². The monoisotopic (exact) mass is 97.1 g/mol. The van der Waals surface area contributed by atoms with E-state index in [1.54, 1.807) is 0 Å². The second-order valence-corrected chi connectivity index (χ2v) is 3.48. The highest BCUT2D eigenvalue weighted by atomic mass is 14.8. The predicted octanol–water partition coefficient (Wildman–Crippen LogP) is 0.310. The Morgan fingerprint density at radius 2 is 1.43 bits per heavy atom. The molecule has 0 aliphatic carbocycles. The van der Waals surface area contributed by atoms with Gasteiger partial charge in [0.25, 0.3) is 0 Å². The molecular weight excluding hydrogens is 84.9 g/mol. The largest absolute Gasteiger partial charge is 0.332 e. The highest BCUT2D eigenvalue weighted by molar-refractivity contribution is 6.59. The van der Waals surface area contributed by atoms with E-state index in [0.29, 0.717) is 5.31 Å². The third-order valence-corrected chi connectivity index (χ3v) is 2.23. The van der Waals surface area contributed by atoms with Crippen molar-refractivity contribution in [3.63, 3.8) is 0 Å². The topological polar surface area (TPSA) is 26.0 Å². The summed E-state index contributed by atoms with van der Waals surface area (Å²) in [6, 6.07) is 0. The smallest absolute Gasteiger partial charge is 0.152 e. The highest BCUT2D eigenvalue weighted by Gasteiger charge is 2.55. The van der Waals surface area contributed by atoms with Crippen LogP contribution in [0.25, 0.3) is 0 Å². The molecule has 0 aromatic heterocycles. The molecule has 2 N–H and O–H groups in total. The van der Waals surface area contributed by atoms with Crippen molar-refractivity contribution in [2.24, 2.45) is 5.73 Å². The summed E-state index contributed by atoms with van der Waals surface area (Å²) in [6.07, 6.45) is 0. The molecule has 1 nitrogen and oxygen atoms in total. The summed E-state index contributed by atoms with van der Waals surface area (Å²) in [7, 11) is 1.18. The van der Waals surface area contributed by atoms with Gasteiger partial charge >= 0.3 is 0 Å². The number of hydrogen-bond donors (Lipinski definition) is 1. The molecule has 0 saturated carbocycles. The lowest BCUT2D eigenvalue weighted by Gasteiger charge is -2.07. The fourth-order valence-corrected chi connectivity index (χ4v) is 0.874. The molecule has 1 aliphatic heterocycles. The number of nitrogens with two attached hydrogens (primary N) is 1. The molecule has 1 unspecified atom stereocenters. The van der Waals surface area contributed by atoms with E-state index >= 15 is 0 Å². The average Bonchev–Trinajstić information content (AvgIpc) is 1.63. The Bertz CT molecular complexity index is 84.3. The summed E-state index contributed by atoms with van der Waals surface area (Å²) >= 11 is 0. The highest BCUT2D eigenvalue weighted by Crippen LogP contribution is 2.51. The lowest BCUT2D eigenvalue weighted by Crippen LogP contribution is -2.21. The minimum atomic E-state index is 0.146. The van der Waals surface area contributed by atoms with Crippen molar-refractivity contribution in [3.05, 3.63) is 0 Å². The maximum absolute atomic E-state index is 5.74. The molecule has 0 aromatic rings. The Balaban J connectivity index is 2.59. The Morgan fingerprint density at radius 3 is 1.43 bits per heavy atom. The van der Waals surface area contributed by atoms with Gasteiger partial charge in [0, 0.05) is 0 Å². The minimum Gasteiger partial charge on any atom is -0.332 e. The van der Waals surface area contributed by atoms with Crippen molar-refractivity contribution in [2.45, 2.75) is 31.5 Å². The van der Waals surface area contributed by atoms with Gasteiger partial charge in [0.05, 0.1) is 0 Å². The molecule has 1 fully saturated rings. The molecule has 0 spiro atoms. The van der Waals surface area contributed by atoms with Gasteiger partial charge in [0.1, 0.15) is 0 Å². The SMILES string of the molecule is CC1(C)BC1(C)N. The zero-order valence-electron chi connectivity index (χ0n) is 5.28. The second kappa shape index (κ2) is 0.897. The van der Waals surface area contributed by atoms with E-state index in [2.05, 4.69) is 20.8 Å². The molecule has 0 aromatic carbocycles. The van der Waals surface area contributed by atoms with Gasteiger partial charge in [-0.05, 0) is 10.8 Å². The van der Waals surface area contributed by atoms with Crippen LogP contribution in [0.2, 0.25) is 5.31 Å². The van der Waals surface area contributed by atoms with Gasteiger partial charge in [-0.2, -0.15) is 0 Å². The third-order valence-electron chi connectivity index (χ3n) is 2.23. The van der Waals surface area contributed by atoms with Crippen molar-refractivity contribution < 1.29 is 0 Å². The van der Waals surface area contributed by atoms with Crippen LogP contribution in [0.3, 0.4) is 0 Å². The Labute approximate surface area is 45.5 Å². The molecule has 1 heterocycles. The zero-order chi connectivity index (χ0) is 5.71. The van der Waals surface area contributed by atoms with E-state index in [4.69, 9.17) is 5.73 Å². The summed E-state index contributed by atoms with van der Waals surface area (Å²) in [4.78, 5) is 0. The molecular formula is C5H12BN. The molecule has 1 aliphatic rings. The van der Waals surface area contributed by atoms with Crippen LogP contribution in [0.5, 0.6) is 0 Å². The molecule has 7 heavy (non-hydrogen) atoms. The lowest BCUT2D eigenvalue weighted by molar-refractivity contribution is 0.615. The normalized spacial score (nSPS) is 45.1. The van der Waals surface area contributed by atoms with Gasteiger partial charge in [0.15, 0.2) is 7.28 Å². The van der Waals surface area contributed by atoms with Crippen molar-refractivity contribution in [1.82, 2.24) is 0 Å². The minimum absolute atomic E-state index is 0.146. The Hall–Kier alpha value is 0.0249. The van der Waals surface area contributed by atoms with E-state index in [1.807, 2.05) is 0 Å². The first-order chi connectivity index (χ1) is 2.96. The fourth-order valence-electron chi connectivity index (χ4n) is 0.874. The van der Waals surface area contributed by atoms with Crippen molar-refractivity contribution in [1.29, 1.82) is 0 Å². The zero-order valence-corrected chi connectivity index (χ0v) is 5.28. The number of hydrogen-bond acceptors (Lipinski definition) is 1. The summed E-state index contributed by atoms with van der Waals surface area (Å²) in [6.45, 7) is 6.51. The Morgan fingerprint density at radius 1 is 1.29 bits per heavy atom. The first kappa shape index (κ1) is 5.17. The molecule has 0 radical (unpaired) electrons. The molecule has 1 saturated heterocycles. The molecule has 40 valence electrons. The molecule has 1 atom stereocenters. The van der Waals surface area contributed by atoms with Crippen LogP contribution in [0.4, 0.5) is 0 Å². The van der Waals surface area contributed by atoms with Gasteiger partial charge in [-0.25, -0.2) is 0 Å². The summed E-state index contributed by atoms with van der Waals surface area (Å²) in [5.41, 5.74) is 5.89. The first-order valence-corrected chi connectivity index (χ1v) is 2.75. The maximum atomic E-state index is 5.74. The lowest BCUT2D eigenvalue weighted by atomic mass is 9.91. The van der Waals surface area contributed by atoms with E-state index in [0.717, 1.165) is 0 Å². The maximum Gasteiger partial charge on any atom is 0.152 e. The van der Waals surface area contributed by atoms with E-state index < -0.39 is 0 Å². The van der Waals surface area contributed by atoms with E-state index in [9.17, 15) is 0 Å². The molecule has 0 amide bonds. The summed E-state index contributed by atoms with van der Waals surface area (Å²) < 4.78 is 0.